The van der Waals surface area contributed by atoms with E-state index in [1.165, 1.54) is 25.5 Å². The molecular weight excluding hydrogens is 204 g/mol. The number of methoxy groups -OCH3 is 1. The van der Waals surface area contributed by atoms with E-state index in [1.807, 2.05) is 13.8 Å². The second-order valence-electron chi connectivity index (χ2n) is 4.38. The molecule has 0 aromatic carbocycles. The van der Waals surface area contributed by atoms with E-state index in [0.29, 0.717) is 11.7 Å². The quantitative estimate of drug-likeness (QED) is 0.762. The van der Waals surface area contributed by atoms with E-state index in [4.69, 9.17) is 4.74 Å². The maximum absolute atomic E-state index is 11.5. The zero-order valence-electron chi connectivity index (χ0n) is 10.0. The van der Waals surface area contributed by atoms with Gasteiger partial charge in [0, 0.05) is 18.3 Å². The van der Waals surface area contributed by atoms with Crippen molar-refractivity contribution in [3.8, 4) is 0 Å². The van der Waals surface area contributed by atoms with Gasteiger partial charge in [0.15, 0.2) is 0 Å². The van der Waals surface area contributed by atoms with Crippen LogP contribution in [0.5, 0.6) is 0 Å². The van der Waals surface area contributed by atoms with Crippen LogP contribution >= 0.6 is 0 Å². The lowest BCUT2D eigenvalue weighted by Crippen LogP contribution is -2.16. The molecule has 2 N–H and O–H groups in total. The lowest BCUT2D eigenvalue weighted by molar-refractivity contribution is 0.0594. The highest BCUT2D eigenvalue weighted by molar-refractivity contribution is 5.89. The SMILES string of the molecule is COC(=O)c1[nH]c(C)c(CNC2CC2)c1C. The Hall–Kier alpha value is -1.29. The summed E-state index contributed by atoms with van der Waals surface area (Å²) in [7, 11) is 1.40. The monoisotopic (exact) mass is 222 g/mol. The number of aromatic nitrogens is 1. The Kier molecular flexibility index (Phi) is 3.01. The summed E-state index contributed by atoms with van der Waals surface area (Å²) in [6.45, 7) is 4.78. The first kappa shape index (κ1) is 11.2. The molecule has 1 aromatic rings. The molecule has 0 bridgehead atoms. The van der Waals surface area contributed by atoms with Gasteiger partial charge in [0.05, 0.1) is 7.11 Å². The maximum atomic E-state index is 11.5. The van der Waals surface area contributed by atoms with Crippen molar-refractivity contribution in [3.05, 3.63) is 22.5 Å². The van der Waals surface area contributed by atoms with Crippen LogP contribution in [0.25, 0.3) is 0 Å². The summed E-state index contributed by atoms with van der Waals surface area (Å²) >= 11 is 0. The van der Waals surface area contributed by atoms with Crippen molar-refractivity contribution in [2.24, 2.45) is 0 Å². The summed E-state index contributed by atoms with van der Waals surface area (Å²) in [5, 5.41) is 3.45. The Morgan fingerprint density at radius 3 is 2.75 bits per heavy atom. The van der Waals surface area contributed by atoms with Crippen LogP contribution in [0.15, 0.2) is 0 Å². The molecule has 0 saturated heterocycles. The van der Waals surface area contributed by atoms with Gasteiger partial charge in [-0.3, -0.25) is 0 Å². The molecule has 1 aromatic heterocycles. The topological polar surface area (TPSA) is 54.1 Å². The highest BCUT2D eigenvalue weighted by Crippen LogP contribution is 2.22. The van der Waals surface area contributed by atoms with E-state index in [2.05, 4.69) is 10.3 Å². The molecule has 2 rings (SSSR count). The van der Waals surface area contributed by atoms with Gasteiger partial charge in [-0.2, -0.15) is 0 Å². The van der Waals surface area contributed by atoms with Crippen LogP contribution < -0.4 is 5.32 Å². The summed E-state index contributed by atoms with van der Waals surface area (Å²) < 4.78 is 4.73. The van der Waals surface area contributed by atoms with Crippen LogP contribution in [0.3, 0.4) is 0 Å². The first-order valence-electron chi connectivity index (χ1n) is 5.63. The Balaban J connectivity index is 2.16. The number of rotatable bonds is 4. The van der Waals surface area contributed by atoms with Crippen molar-refractivity contribution in [2.45, 2.75) is 39.3 Å². The summed E-state index contributed by atoms with van der Waals surface area (Å²) in [5.74, 6) is -0.293. The van der Waals surface area contributed by atoms with Crippen LogP contribution in [0, 0.1) is 13.8 Å². The molecule has 0 radical (unpaired) electrons. The number of nitrogens with one attached hydrogen (secondary N) is 2. The first-order chi connectivity index (χ1) is 7.63. The van der Waals surface area contributed by atoms with Crippen molar-refractivity contribution >= 4 is 5.97 Å². The standard InChI is InChI=1S/C12H18N2O2/c1-7-10(6-13-9-4-5-9)8(2)14-11(7)12(15)16-3/h9,13-14H,4-6H2,1-3H3. The average molecular weight is 222 g/mol. The second-order valence-corrected chi connectivity index (χ2v) is 4.38. The Morgan fingerprint density at radius 2 is 2.19 bits per heavy atom. The summed E-state index contributed by atoms with van der Waals surface area (Å²) in [6, 6.07) is 0.676. The van der Waals surface area contributed by atoms with Gasteiger partial charge in [0.2, 0.25) is 0 Å². The number of carbonyl (C=O) groups excluding carboxylic acids is 1. The fourth-order valence-electron chi connectivity index (χ4n) is 1.89. The van der Waals surface area contributed by atoms with Crippen molar-refractivity contribution in [3.63, 3.8) is 0 Å². The summed E-state index contributed by atoms with van der Waals surface area (Å²) in [6.07, 6.45) is 2.54. The number of hydrogen-bond donors (Lipinski definition) is 2. The minimum Gasteiger partial charge on any atom is -0.464 e. The predicted octanol–water partition coefficient (Wildman–Crippen LogP) is 1.67. The summed E-state index contributed by atoms with van der Waals surface area (Å²) in [5.41, 5.74) is 3.81. The smallest absolute Gasteiger partial charge is 0.354 e. The van der Waals surface area contributed by atoms with Gasteiger partial charge >= 0.3 is 5.97 Å². The van der Waals surface area contributed by atoms with E-state index in [9.17, 15) is 4.79 Å². The van der Waals surface area contributed by atoms with Crippen molar-refractivity contribution in [1.82, 2.24) is 10.3 Å². The number of aromatic amines is 1. The molecule has 1 saturated carbocycles. The fraction of sp³-hybridized carbons (Fsp3) is 0.583. The molecule has 1 aliphatic rings. The molecule has 4 nitrogen and oxygen atoms in total. The highest BCUT2D eigenvalue weighted by atomic mass is 16.5. The zero-order valence-corrected chi connectivity index (χ0v) is 10.0. The normalized spacial score (nSPS) is 15.2. The molecule has 16 heavy (non-hydrogen) atoms. The Labute approximate surface area is 95.4 Å². The van der Waals surface area contributed by atoms with Crippen LogP contribution in [-0.4, -0.2) is 24.1 Å². The maximum Gasteiger partial charge on any atom is 0.354 e. The van der Waals surface area contributed by atoms with Gasteiger partial charge in [-0.1, -0.05) is 0 Å². The zero-order chi connectivity index (χ0) is 11.7. The van der Waals surface area contributed by atoms with Crippen molar-refractivity contribution in [1.29, 1.82) is 0 Å². The number of aryl methyl sites for hydroxylation is 1. The van der Waals surface area contributed by atoms with E-state index in [1.54, 1.807) is 0 Å². The molecule has 88 valence electrons. The minimum absolute atomic E-state index is 0.293. The van der Waals surface area contributed by atoms with E-state index in [-0.39, 0.29) is 5.97 Å². The van der Waals surface area contributed by atoms with E-state index < -0.39 is 0 Å². The van der Waals surface area contributed by atoms with E-state index >= 15 is 0 Å². The van der Waals surface area contributed by atoms with Gasteiger partial charge in [-0.15, -0.1) is 0 Å². The van der Waals surface area contributed by atoms with Gasteiger partial charge in [0.25, 0.3) is 0 Å². The molecule has 0 unspecified atom stereocenters. The fourth-order valence-corrected chi connectivity index (χ4v) is 1.89. The third kappa shape index (κ3) is 2.11. The molecular formula is C12H18N2O2. The predicted molar refractivity (Wildman–Crippen MR) is 61.5 cm³/mol. The molecule has 0 atom stereocenters. The van der Waals surface area contributed by atoms with Crippen molar-refractivity contribution < 1.29 is 9.53 Å². The van der Waals surface area contributed by atoms with Gasteiger partial charge in [-0.05, 0) is 37.8 Å². The number of ether oxygens (including phenoxy) is 1. The Bertz CT molecular complexity index is 405. The Morgan fingerprint density at radius 1 is 1.50 bits per heavy atom. The number of H-pyrrole nitrogens is 1. The molecule has 1 aliphatic carbocycles. The molecule has 0 spiro atoms. The van der Waals surface area contributed by atoms with Gasteiger partial charge < -0.3 is 15.0 Å². The molecule has 0 amide bonds. The third-order valence-corrected chi connectivity index (χ3v) is 3.13. The molecule has 0 aliphatic heterocycles. The minimum atomic E-state index is -0.293. The molecule has 1 heterocycles. The molecule has 4 heteroatoms. The first-order valence-corrected chi connectivity index (χ1v) is 5.63. The number of carbonyl (C=O) groups is 1. The largest absolute Gasteiger partial charge is 0.464 e. The molecule has 1 fully saturated rings. The highest BCUT2D eigenvalue weighted by Gasteiger charge is 2.22. The van der Waals surface area contributed by atoms with Crippen LogP contribution in [0.4, 0.5) is 0 Å². The van der Waals surface area contributed by atoms with E-state index in [0.717, 1.165) is 17.8 Å². The summed E-state index contributed by atoms with van der Waals surface area (Å²) in [4.78, 5) is 14.6. The van der Waals surface area contributed by atoms with Gasteiger partial charge in [0.1, 0.15) is 5.69 Å². The lowest BCUT2D eigenvalue weighted by Gasteiger charge is -2.04. The second kappa shape index (κ2) is 4.29. The number of esters is 1. The van der Waals surface area contributed by atoms with Crippen LogP contribution in [0.2, 0.25) is 0 Å². The third-order valence-electron chi connectivity index (χ3n) is 3.13. The van der Waals surface area contributed by atoms with Crippen LogP contribution in [-0.2, 0) is 11.3 Å². The number of hydrogen-bond acceptors (Lipinski definition) is 3. The lowest BCUT2D eigenvalue weighted by atomic mass is 10.1. The van der Waals surface area contributed by atoms with Crippen molar-refractivity contribution in [2.75, 3.05) is 7.11 Å². The van der Waals surface area contributed by atoms with Crippen LogP contribution in [0.1, 0.15) is 40.2 Å². The average Bonchev–Trinajstić information content (AvgIpc) is 3.04. The van der Waals surface area contributed by atoms with Gasteiger partial charge in [-0.25, -0.2) is 4.79 Å².